The summed E-state index contributed by atoms with van der Waals surface area (Å²) in [4.78, 5) is 17.9. The number of piperazine rings is 1. The lowest BCUT2D eigenvalue weighted by atomic mass is 10.00. The van der Waals surface area contributed by atoms with Crippen LogP contribution >= 0.6 is 0 Å². The zero-order valence-corrected chi connectivity index (χ0v) is 25.0. The molecule has 2 heterocycles. The summed E-state index contributed by atoms with van der Waals surface area (Å²) < 4.78 is 16.0. The summed E-state index contributed by atoms with van der Waals surface area (Å²) in [5.41, 5.74) is 5.25. The Bertz CT molecular complexity index is 1360. The van der Waals surface area contributed by atoms with Crippen LogP contribution in [0.15, 0.2) is 66.7 Å². The van der Waals surface area contributed by atoms with E-state index in [1.807, 2.05) is 36.4 Å². The largest absolute Gasteiger partial charge is 0.348 e. The SMILES string of the molecule is CC1CN(Cc2cccc(-c3cc(CNC(=O)c4cccc(CN(C)C5CC[N+](C)(C)C5)c4)ccc3F)c2)CCN1. The molecule has 3 aromatic rings. The third kappa shape index (κ3) is 7.80. The lowest BCUT2D eigenvalue weighted by Crippen LogP contribution is -2.48. The second-order valence-corrected chi connectivity index (χ2v) is 12.7. The predicted molar refractivity (Wildman–Crippen MR) is 164 cm³/mol. The number of nitrogens with one attached hydrogen (secondary N) is 2. The molecule has 7 heteroatoms. The zero-order chi connectivity index (χ0) is 29.0. The Morgan fingerprint density at radius 2 is 1.88 bits per heavy atom. The molecular weight excluding hydrogens is 513 g/mol. The van der Waals surface area contributed by atoms with Gasteiger partial charge in [0.25, 0.3) is 5.91 Å². The molecule has 0 spiro atoms. The Kier molecular flexibility index (Phi) is 9.19. The Morgan fingerprint density at radius 1 is 1.07 bits per heavy atom. The number of hydrogen-bond acceptors (Lipinski definition) is 4. The summed E-state index contributed by atoms with van der Waals surface area (Å²) >= 11 is 0. The van der Waals surface area contributed by atoms with Crippen LogP contribution < -0.4 is 10.6 Å². The molecule has 0 aromatic heterocycles. The quantitative estimate of drug-likeness (QED) is 0.380. The second-order valence-electron chi connectivity index (χ2n) is 12.7. The van der Waals surface area contributed by atoms with E-state index in [1.165, 1.54) is 24.6 Å². The molecule has 2 N–H and O–H groups in total. The molecule has 41 heavy (non-hydrogen) atoms. The van der Waals surface area contributed by atoms with E-state index in [-0.39, 0.29) is 11.7 Å². The van der Waals surface area contributed by atoms with Gasteiger partial charge in [0, 0.05) is 62.9 Å². The van der Waals surface area contributed by atoms with Gasteiger partial charge in [0.05, 0.1) is 33.2 Å². The summed E-state index contributed by atoms with van der Waals surface area (Å²) in [6.07, 6.45) is 1.20. The number of benzene rings is 3. The van der Waals surface area contributed by atoms with Crippen LogP contribution in [0.5, 0.6) is 0 Å². The monoisotopic (exact) mass is 558 g/mol. The average molecular weight is 559 g/mol. The highest BCUT2D eigenvalue weighted by atomic mass is 19.1. The van der Waals surface area contributed by atoms with Crippen molar-refractivity contribution in [2.75, 3.05) is 53.9 Å². The van der Waals surface area contributed by atoms with Crippen LogP contribution in [0.25, 0.3) is 11.1 Å². The van der Waals surface area contributed by atoms with E-state index in [2.05, 4.69) is 66.7 Å². The zero-order valence-electron chi connectivity index (χ0n) is 25.0. The van der Waals surface area contributed by atoms with Crippen LogP contribution in [0, 0.1) is 5.82 Å². The maximum absolute atomic E-state index is 15.0. The molecule has 2 aliphatic rings. The van der Waals surface area contributed by atoms with Crippen molar-refractivity contribution in [3.8, 4) is 11.1 Å². The van der Waals surface area contributed by atoms with Gasteiger partial charge in [-0.25, -0.2) is 4.39 Å². The van der Waals surface area contributed by atoms with Crippen LogP contribution in [-0.2, 0) is 19.6 Å². The maximum Gasteiger partial charge on any atom is 0.251 e. The van der Waals surface area contributed by atoms with Gasteiger partial charge in [-0.15, -0.1) is 0 Å². The van der Waals surface area contributed by atoms with Gasteiger partial charge in [0.2, 0.25) is 0 Å². The number of halogens is 1. The van der Waals surface area contributed by atoms with Gasteiger partial charge in [-0.05, 0) is 66.6 Å². The minimum atomic E-state index is -0.255. The molecule has 2 unspecified atom stereocenters. The molecule has 0 radical (unpaired) electrons. The van der Waals surface area contributed by atoms with Crippen LogP contribution in [0.4, 0.5) is 4.39 Å². The molecule has 0 aliphatic carbocycles. The topological polar surface area (TPSA) is 47.6 Å². The highest BCUT2D eigenvalue weighted by Gasteiger charge is 2.33. The molecule has 0 saturated carbocycles. The van der Waals surface area contributed by atoms with Crippen LogP contribution in [0.3, 0.4) is 0 Å². The van der Waals surface area contributed by atoms with Crippen molar-refractivity contribution >= 4 is 5.91 Å². The smallest absolute Gasteiger partial charge is 0.251 e. The van der Waals surface area contributed by atoms with E-state index < -0.39 is 0 Å². The lowest BCUT2D eigenvalue weighted by Gasteiger charge is -2.31. The third-order valence-corrected chi connectivity index (χ3v) is 8.60. The number of rotatable bonds is 9. The molecule has 2 saturated heterocycles. The number of hydrogen-bond donors (Lipinski definition) is 2. The number of carbonyl (C=O) groups is 1. The first kappa shape index (κ1) is 29.4. The van der Waals surface area contributed by atoms with E-state index in [9.17, 15) is 9.18 Å². The Morgan fingerprint density at radius 3 is 2.66 bits per heavy atom. The molecule has 2 atom stereocenters. The lowest BCUT2D eigenvalue weighted by molar-refractivity contribution is -0.878. The van der Waals surface area contributed by atoms with E-state index in [1.54, 1.807) is 6.07 Å². The third-order valence-electron chi connectivity index (χ3n) is 8.60. The highest BCUT2D eigenvalue weighted by Crippen LogP contribution is 2.26. The van der Waals surface area contributed by atoms with Crippen LogP contribution in [0.1, 0.15) is 40.4 Å². The maximum atomic E-state index is 15.0. The summed E-state index contributed by atoms with van der Waals surface area (Å²) in [5.74, 6) is -0.374. The summed E-state index contributed by atoms with van der Waals surface area (Å²) in [5, 5.41) is 6.52. The van der Waals surface area contributed by atoms with Crippen molar-refractivity contribution in [3.63, 3.8) is 0 Å². The number of likely N-dealkylation sites (tertiary alicyclic amines) is 1. The second kappa shape index (κ2) is 12.8. The molecule has 5 rings (SSSR count). The molecule has 1 amide bonds. The van der Waals surface area contributed by atoms with Gasteiger partial charge in [-0.1, -0.05) is 36.4 Å². The van der Waals surface area contributed by atoms with Crippen molar-refractivity contribution in [2.24, 2.45) is 0 Å². The summed E-state index contributed by atoms with van der Waals surface area (Å²) in [6.45, 7) is 9.56. The van der Waals surface area contributed by atoms with E-state index in [0.717, 1.165) is 60.4 Å². The van der Waals surface area contributed by atoms with Crippen molar-refractivity contribution in [3.05, 3.63) is 94.8 Å². The van der Waals surface area contributed by atoms with Gasteiger partial charge in [-0.3, -0.25) is 14.6 Å². The van der Waals surface area contributed by atoms with Gasteiger partial charge < -0.3 is 15.1 Å². The number of amides is 1. The Balaban J connectivity index is 1.21. The minimum Gasteiger partial charge on any atom is -0.348 e. The Labute approximate surface area is 244 Å². The fraction of sp³-hybridized carbons (Fsp3) is 0.441. The highest BCUT2D eigenvalue weighted by molar-refractivity contribution is 5.94. The van der Waals surface area contributed by atoms with Gasteiger partial charge >= 0.3 is 0 Å². The molecule has 2 fully saturated rings. The first-order chi connectivity index (χ1) is 19.6. The molecule has 2 aliphatic heterocycles. The molecular formula is C34H45FN5O+. The van der Waals surface area contributed by atoms with Crippen molar-refractivity contribution in [1.29, 1.82) is 0 Å². The van der Waals surface area contributed by atoms with Crippen molar-refractivity contribution in [1.82, 2.24) is 20.4 Å². The fourth-order valence-electron chi connectivity index (χ4n) is 6.28. The first-order valence-corrected chi connectivity index (χ1v) is 14.9. The number of likely N-dealkylation sites (N-methyl/N-ethyl adjacent to an activating group) is 2. The summed E-state index contributed by atoms with van der Waals surface area (Å²) in [7, 11) is 6.75. The molecule has 6 nitrogen and oxygen atoms in total. The normalized spacial score (nSPS) is 20.8. The molecule has 0 bridgehead atoms. The van der Waals surface area contributed by atoms with E-state index >= 15 is 0 Å². The van der Waals surface area contributed by atoms with Gasteiger partial charge in [-0.2, -0.15) is 0 Å². The molecule has 3 aromatic carbocycles. The number of nitrogens with zero attached hydrogens (tertiary/aromatic N) is 3. The van der Waals surface area contributed by atoms with E-state index in [4.69, 9.17) is 0 Å². The molecule has 218 valence electrons. The number of quaternary nitrogens is 1. The van der Waals surface area contributed by atoms with Crippen LogP contribution in [-0.4, -0.2) is 86.1 Å². The van der Waals surface area contributed by atoms with Crippen molar-refractivity contribution < 1.29 is 13.7 Å². The first-order valence-electron chi connectivity index (χ1n) is 14.9. The Hall–Kier alpha value is -3.10. The average Bonchev–Trinajstić information content (AvgIpc) is 3.32. The van der Waals surface area contributed by atoms with Gasteiger partial charge in [0.1, 0.15) is 5.82 Å². The van der Waals surface area contributed by atoms with Crippen LogP contribution in [0.2, 0.25) is 0 Å². The summed E-state index contributed by atoms with van der Waals surface area (Å²) in [6, 6.07) is 22.2. The van der Waals surface area contributed by atoms with Gasteiger partial charge in [0.15, 0.2) is 0 Å². The number of carbonyl (C=O) groups excluding carboxylic acids is 1. The minimum absolute atomic E-state index is 0.119. The fourth-order valence-corrected chi connectivity index (χ4v) is 6.28. The standard InChI is InChI=1S/C34H44FN5O/c1-25-21-39(15-14-36-25)23-28-8-5-9-29(17-28)32-19-26(11-12-33(32)35)20-37-34(41)30-10-6-7-27(18-30)22-38(2)31-13-16-40(3,4)24-31/h5-12,17-19,25,31,36H,13-16,20-24H2,1-4H3/p+1. The van der Waals surface area contributed by atoms with Crippen molar-refractivity contribution in [2.45, 2.75) is 45.1 Å². The predicted octanol–water partition coefficient (Wildman–Crippen LogP) is 4.50. The van der Waals surface area contributed by atoms with E-state index in [0.29, 0.717) is 29.8 Å².